The summed E-state index contributed by atoms with van der Waals surface area (Å²) in [7, 11) is 0. The Morgan fingerprint density at radius 3 is 2.61 bits per heavy atom. The van der Waals surface area contributed by atoms with E-state index in [4.69, 9.17) is 0 Å². The van der Waals surface area contributed by atoms with Crippen LogP contribution in [0.2, 0.25) is 0 Å². The van der Waals surface area contributed by atoms with Crippen molar-refractivity contribution in [1.82, 2.24) is 15.6 Å². The van der Waals surface area contributed by atoms with Crippen LogP contribution in [0.25, 0.3) is 0 Å². The maximum absolute atomic E-state index is 11.6. The van der Waals surface area contributed by atoms with E-state index in [1.807, 2.05) is 26.0 Å². The number of amides is 1. The van der Waals surface area contributed by atoms with Gasteiger partial charge in [-0.1, -0.05) is 6.92 Å². The molecular formula is C14H23N3O. The number of hydrogen-bond donors (Lipinski definition) is 2. The lowest BCUT2D eigenvalue weighted by Gasteiger charge is -2.24. The van der Waals surface area contributed by atoms with Crippen molar-refractivity contribution in [3.8, 4) is 0 Å². The Labute approximate surface area is 109 Å². The molecule has 4 heteroatoms. The number of aromatic nitrogens is 1. The van der Waals surface area contributed by atoms with Crippen molar-refractivity contribution in [2.45, 2.75) is 39.2 Å². The van der Waals surface area contributed by atoms with Crippen molar-refractivity contribution >= 4 is 5.91 Å². The molecule has 0 fully saturated rings. The van der Waals surface area contributed by atoms with Gasteiger partial charge in [-0.2, -0.15) is 0 Å². The molecule has 0 saturated heterocycles. The zero-order valence-electron chi connectivity index (χ0n) is 11.5. The van der Waals surface area contributed by atoms with Gasteiger partial charge >= 0.3 is 0 Å². The van der Waals surface area contributed by atoms with Crippen molar-refractivity contribution in [2.24, 2.45) is 0 Å². The second-order valence-corrected chi connectivity index (χ2v) is 5.07. The van der Waals surface area contributed by atoms with Gasteiger partial charge in [-0.05, 0) is 50.9 Å². The predicted molar refractivity (Wildman–Crippen MR) is 73.3 cm³/mol. The number of hydrogen-bond acceptors (Lipinski definition) is 3. The summed E-state index contributed by atoms with van der Waals surface area (Å²) >= 11 is 0. The van der Waals surface area contributed by atoms with Crippen molar-refractivity contribution in [2.75, 3.05) is 13.1 Å². The number of carbonyl (C=O) groups excluding carboxylic acids is 1. The van der Waals surface area contributed by atoms with Crippen LogP contribution in [0.1, 0.15) is 32.8 Å². The number of pyridine rings is 1. The largest absolute Gasteiger partial charge is 0.350 e. The quantitative estimate of drug-likeness (QED) is 0.720. The minimum absolute atomic E-state index is 0.0524. The van der Waals surface area contributed by atoms with Crippen molar-refractivity contribution in [3.63, 3.8) is 0 Å². The molecule has 4 nitrogen and oxygen atoms in total. The molecule has 1 aromatic rings. The SMILES string of the molecule is CCC(C)(C)NC(=O)CNCCc1ccncc1. The fraction of sp³-hybridized carbons (Fsp3) is 0.571. The van der Waals surface area contributed by atoms with E-state index < -0.39 is 0 Å². The molecule has 2 N–H and O–H groups in total. The van der Waals surface area contributed by atoms with E-state index in [1.54, 1.807) is 12.4 Å². The maximum Gasteiger partial charge on any atom is 0.234 e. The molecular weight excluding hydrogens is 226 g/mol. The average Bonchev–Trinajstić information content (AvgIpc) is 2.35. The highest BCUT2D eigenvalue weighted by Crippen LogP contribution is 2.05. The topological polar surface area (TPSA) is 54.0 Å². The van der Waals surface area contributed by atoms with Crippen LogP contribution in [0.4, 0.5) is 0 Å². The van der Waals surface area contributed by atoms with Gasteiger partial charge in [0.25, 0.3) is 0 Å². The lowest BCUT2D eigenvalue weighted by Crippen LogP contribution is -2.46. The molecule has 1 rings (SSSR count). The number of rotatable bonds is 7. The van der Waals surface area contributed by atoms with Crippen molar-refractivity contribution < 1.29 is 4.79 Å². The molecule has 0 radical (unpaired) electrons. The second kappa shape index (κ2) is 7.11. The van der Waals surface area contributed by atoms with Gasteiger partial charge in [0.15, 0.2) is 0 Å². The third-order valence-corrected chi connectivity index (χ3v) is 2.99. The summed E-state index contributed by atoms with van der Waals surface area (Å²) in [6, 6.07) is 3.98. The van der Waals surface area contributed by atoms with Crippen LogP contribution < -0.4 is 10.6 Å². The van der Waals surface area contributed by atoms with Gasteiger partial charge in [0.05, 0.1) is 6.54 Å². The van der Waals surface area contributed by atoms with Gasteiger partial charge in [-0.3, -0.25) is 9.78 Å². The number of carbonyl (C=O) groups is 1. The Morgan fingerprint density at radius 1 is 1.33 bits per heavy atom. The summed E-state index contributed by atoms with van der Waals surface area (Å²) in [5, 5.41) is 6.14. The van der Waals surface area contributed by atoms with E-state index in [0.29, 0.717) is 6.54 Å². The Hall–Kier alpha value is -1.42. The molecule has 0 aromatic carbocycles. The third kappa shape index (κ3) is 5.77. The molecule has 1 amide bonds. The molecule has 0 atom stereocenters. The first-order chi connectivity index (χ1) is 8.53. The summed E-state index contributed by atoms with van der Waals surface area (Å²) in [6.45, 7) is 7.29. The molecule has 0 saturated carbocycles. The number of nitrogens with one attached hydrogen (secondary N) is 2. The standard InChI is InChI=1S/C14H23N3O/c1-4-14(2,3)17-13(18)11-16-10-7-12-5-8-15-9-6-12/h5-6,8-9,16H,4,7,10-11H2,1-3H3,(H,17,18). The van der Waals surface area contributed by atoms with Crippen LogP contribution in [-0.4, -0.2) is 29.5 Å². The van der Waals surface area contributed by atoms with E-state index in [1.165, 1.54) is 5.56 Å². The molecule has 0 spiro atoms. The summed E-state index contributed by atoms with van der Waals surface area (Å²) in [5.41, 5.74) is 1.11. The summed E-state index contributed by atoms with van der Waals surface area (Å²) in [4.78, 5) is 15.6. The monoisotopic (exact) mass is 249 g/mol. The van der Waals surface area contributed by atoms with E-state index in [2.05, 4.69) is 22.5 Å². The van der Waals surface area contributed by atoms with Crippen LogP contribution in [-0.2, 0) is 11.2 Å². The molecule has 18 heavy (non-hydrogen) atoms. The second-order valence-electron chi connectivity index (χ2n) is 5.07. The number of nitrogens with zero attached hydrogens (tertiary/aromatic N) is 1. The fourth-order valence-corrected chi connectivity index (χ4v) is 1.49. The third-order valence-electron chi connectivity index (χ3n) is 2.99. The predicted octanol–water partition coefficient (Wildman–Crippen LogP) is 1.52. The summed E-state index contributed by atoms with van der Waals surface area (Å²) in [5.74, 6) is 0.0524. The van der Waals surface area contributed by atoms with Gasteiger partial charge in [-0.15, -0.1) is 0 Å². The zero-order valence-corrected chi connectivity index (χ0v) is 11.5. The highest BCUT2D eigenvalue weighted by Gasteiger charge is 2.16. The molecule has 1 heterocycles. The van der Waals surface area contributed by atoms with Crippen LogP contribution in [0, 0.1) is 0 Å². The van der Waals surface area contributed by atoms with Crippen molar-refractivity contribution in [1.29, 1.82) is 0 Å². The molecule has 100 valence electrons. The van der Waals surface area contributed by atoms with E-state index in [-0.39, 0.29) is 11.4 Å². The zero-order chi connectivity index (χ0) is 13.4. The molecule has 0 bridgehead atoms. The Bertz CT molecular complexity index is 363. The van der Waals surface area contributed by atoms with Crippen molar-refractivity contribution in [3.05, 3.63) is 30.1 Å². The van der Waals surface area contributed by atoms with Gasteiger partial charge in [0.2, 0.25) is 5.91 Å². The van der Waals surface area contributed by atoms with E-state index >= 15 is 0 Å². The van der Waals surface area contributed by atoms with Gasteiger partial charge in [0.1, 0.15) is 0 Å². The van der Waals surface area contributed by atoms with Gasteiger partial charge < -0.3 is 10.6 Å². The minimum atomic E-state index is -0.121. The van der Waals surface area contributed by atoms with E-state index in [0.717, 1.165) is 19.4 Å². The van der Waals surface area contributed by atoms with Crippen LogP contribution >= 0.6 is 0 Å². The average molecular weight is 249 g/mol. The first kappa shape index (κ1) is 14.6. The minimum Gasteiger partial charge on any atom is -0.350 e. The lowest BCUT2D eigenvalue weighted by molar-refractivity contribution is -0.121. The van der Waals surface area contributed by atoms with Crippen LogP contribution in [0.3, 0.4) is 0 Å². The highest BCUT2D eigenvalue weighted by molar-refractivity contribution is 5.78. The molecule has 0 aliphatic heterocycles. The molecule has 0 aliphatic carbocycles. The van der Waals surface area contributed by atoms with Gasteiger partial charge in [-0.25, -0.2) is 0 Å². The lowest BCUT2D eigenvalue weighted by atomic mass is 10.0. The summed E-state index contributed by atoms with van der Waals surface area (Å²) in [6.07, 6.45) is 5.40. The molecule has 1 aromatic heterocycles. The first-order valence-electron chi connectivity index (χ1n) is 6.44. The summed E-state index contributed by atoms with van der Waals surface area (Å²) < 4.78 is 0. The van der Waals surface area contributed by atoms with Crippen LogP contribution in [0.15, 0.2) is 24.5 Å². The smallest absolute Gasteiger partial charge is 0.234 e. The fourth-order valence-electron chi connectivity index (χ4n) is 1.49. The van der Waals surface area contributed by atoms with Crippen LogP contribution in [0.5, 0.6) is 0 Å². The maximum atomic E-state index is 11.6. The highest BCUT2D eigenvalue weighted by atomic mass is 16.2. The molecule has 0 aliphatic rings. The van der Waals surface area contributed by atoms with E-state index in [9.17, 15) is 4.79 Å². The Balaban J connectivity index is 2.17. The van der Waals surface area contributed by atoms with Gasteiger partial charge in [0, 0.05) is 17.9 Å². The first-order valence-corrected chi connectivity index (χ1v) is 6.44. The normalized spacial score (nSPS) is 11.3. The Morgan fingerprint density at radius 2 is 2.00 bits per heavy atom. The Kier molecular flexibility index (Phi) is 5.78. The molecule has 0 unspecified atom stereocenters.